The van der Waals surface area contributed by atoms with Gasteiger partial charge >= 0.3 is 0 Å². The summed E-state index contributed by atoms with van der Waals surface area (Å²) in [6.45, 7) is 2.69. The first-order valence-corrected chi connectivity index (χ1v) is 7.44. The van der Waals surface area contributed by atoms with Gasteiger partial charge in [0.25, 0.3) is 5.91 Å². The maximum Gasteiger partial charge on any atom is 0.257 e. The molecule has 1 N–H and O–H groups in total. The van der Waals surface area contributed by atoms with Crippen molar-refractivity contribution in [2.75, 3.05) is 6.61 Å². The molecule has 2 aromatic rings. The molecule has 6 nitrogen and oxygen atoms in total. The second-order valence-corrected chi connectivity index (χ2v) is 5.18. The molecule has 6 heteroatoms. The molecule has 0 bridgehead atoms. The van der Waals surface area contributed by atoms with Crippen molar-refractivity contribution >= 4 is 5.91 Å². The van der Waals surface area contributed by atoms with Crippen LogP contribution < -0.4 is 10.1 Å². The van der Waals surface area contributed by atoms with E-state index in [2.05, 4.69) is 20.3 Å². The Morgan fingerprint density at radius 1 is 1.36 bits per heavy atom. The maximum absolute atomic E-state index is 12.3. The average molecular weight is 298 g/mol. The Kier molecular flexibility index (Phi) is 4.27. The van der Waals surface area contributed by atoms with Crippen molar-refractivity contribution in [3.8, 4) is 5.88 Å². The van der Waals surface area contributed by atoms with Crippen LogP contribution in [0.4, 0.5) is 0 Å². The van der Waals surface area contributed by atoms with Gasteiger partial charge in [0.15, 0.2) is 0 Å². The van der Waals surface area contributed by atoms with Crippen molar-refractivity contribution in [2.45, 2.75) is 32.2 Å². The first kappa shape index (κ1) is 14.4. The molecule has 0 unspecified atom stereocenters. The van der Waals surface area contributed by atoms with Crippen LogP contribution in [0.25, 0.3) is 0 Å². The highest BCUT2D eigenvalue weighted by atomic mass is 16.5. The molecule has 1 amide bonds. The van der Waals surface area contributed by atoms with Crippen LogP contribution >= 0.6 is 0 Å². The van der Waals surface area contributed by atoms with Crippen LogP contribution in [-0.2, 0) is 6.54 Å². The SMILES string of the molecule is CCOc1ncccc1C(=O)NCc1cc(C2CC2)ncn1. The Bertz CT molecular complexity index is 671. The average Bonchev–Trinajstić information content (AvgIpc) is 3.39. The molecular weight excluding hydrogens is 280 g/mol. The van der Waals surface area contributed by atoms with Gasteiger partial charge in [-0.2, -0.15) is 0 Å². The minimum Gasteiger partial charge on any atom is -0.477 e. The van der Waals surface area contributed by atoms with E-state index in [0.29, 0.717) is 30.5 Å². The highest BCUT2D eigenvalue weighted by molar-refractivity contribution is 5.96. The summed E-state index contributed by atoms with van der Waals surface area (Å²) in [5, 5.41) is 2.85. The Hall–Kier alpha value is -2.50. The molecule has 1 fully saturated rings. The maximum atomic E-state index is 12.3. The van der Waals surface area contributed by atoms with E-state index >= 15 is 0 Å². The van der Waals surface area contributed by atoms with E-state index in [-0.39, 0.29) is 5.91 Å². The number of ether oxygens (including phenoxy) is 1. The molecule has 2 heterocycles. The molecule has 0 atom stereocenters. The fourth-order valence-corrected chi connectivity index (χ4v) is 2.20. The van der Waals surface area contributed by atoms with Crippen LogP contribution in [0.15, 0.2) is 30.7 Å². The van der Waals surface area contributed by atoms with E-state index in [1.807, 2.05) is 13.0 Å². The summed E-state index contributed by atoms with van der Waals surface area (Å²) < 4.78 is 5.37. The van der Waals surface area contributed by atoms with Crippen LogP contribution in [0.3, 0.4) is 0 Å². The molecule has 3 rings (SSSR count). The zero-order valence-corrected chi connectivity index (χ0v) is 12.5. The van der Waals surface area contributed by atoms with E-state index in [9.17, 15) is 4.79 Å². The summed E-state index contributed by atoms with van der Waals surface area (Å²) in [6, 6.07) is 5.38. The number of hydrogen-bond donors (Lipinski definition) is 1. The van der Waals surface area contributed by atoms with E-state index in [4.69, 9.17) is 4.74 Å². The fourth-order valence-electron chi connectivity index (χ4n) is 2.20. The molecule has 2 aromatic heterocycles. The van der Waals surface area contributed by atoms with Gasteiger partial charge in [0.05, 0.1) is 18.8 Å². The van der Waals surface area contributed by atoms with Crippen molar-refractivity contribution in [1.29, 1.82) is 0 Å². The van der Waals surface area contributed by atoms with Gasteiger partial charge in [0.2, 0.25) is 5.88 Å². The highest BCUT2D eigenvalue weighted by Crippen LogP contribution is 2.38. The third-order valence-corrected chi connectivity index (χ3v) is 3.47. The quantitative estimate of drug-likeness (QED) is 0.883. The lowest BCUT2D eigenvalue weighted by Crippen LogP contribution is -2.24. The number of amides is 1. The lowest BCUT2D eigenvalue weighted by atomic mass is 10.2. The molecule has 0 aliphatic heterocycles. The number of hydrogen-bond acceptors (Lipinski definition) is 5. The van der Waals surface area contributed by atoms with Crippen LogP contribution in [-0.4, -0.2) is 27.5 Å². The molecule has 0 radical (unpaired) electrons. The summed E-state index contributed by atoms with van der Waals surface area (Å²) in [6.07, 6.45) is 5.55. The van der Waals surface area contributed by atoms with Crippen molar-refractivity contribution in [2.24, 2.45) is 0 Å². The first-order chi connectivity index (χ1) is 10.8. The lowest BCUT2D eigenvalue weighted by molar-refractivity contribution is 0.0945. The standard InChI is InChI=1S/C16H18N4O2/c1-2-22-16-13(4-3-7-17-16)15(21)18-9-12-8-14(11-5-6-11)20-10-19-12/h3-4,7-8,10-11H,2,5-6,9H2,1H3,(H,18,21). The van der Waals surface area contributed by atoms with E-state index in [1.54, 1.807) is 24.7 Å². The van der Waals surface area contributed by atoms with Gasteiger partial charge in [0.1, 0.15) is 11.9 Å². The topological polar surface area (TPSA) is 77.0 Å². The van der Waals surface area contributed by atoms with Crippen LogP contribution in [0.5, 0.6) is 5.88 Å². The molecule has 0 saturated heterocycles. The van der Waals surface area contributed by atoms with Gasteiger partial charge in [-0.25, -0.2) is 15.0 Å². The second kappa shape index (κ2) is 6.51. The van der Waals surface area contributed by atoms with Gasteiger partial charge in [-0.15, -0.1) is 0 Å². The smallest absolute Gasteiger partial charge is 0.257 e. The van der Waals surface area contributed by atoms with Gasteiger partial charge in [-0.1, -0.05) is 0 Å². The van der Waals surface area contributed by atoms with Crippen LogP contribution in [0.1, 0.15) is 47.4 Å². The predicted molar refractivity (Wildman–Crippen MR) is 80.6 cm³/mol. The Balaban J connectivity index is 1.66. The number of carbonyl (C=O) groups is 1. The number of nitrogens with zero attached hydrogens (tertiary/aromatic N) is 3. The summed E-state index contributed by atoms with van der Waals surface area (Å²) in [5.74, 6) is 0.701. The second-order valence-electron chi connectivity index (χ2n) is 5.18. The van der Waals surface area contributed by atoms with E-state index in [0.717, 1.165) is 11.4 Å². The summed E-state index contributed by atoms with van der Waals surface area (Å²) in [7, 11) is 0. The molecule has 114 valence electrons. The van der Waals surface area contributed by atoms with Gasteiger partial charge in [0, 0.05) is 17.8 Å². The predicted octanol–water partition coefficient (Wildman–Crippen LogP) is 2.08. The van der Waals surface area contributed by atoms with Gasteiger partial charge in [-0.3, -0.25) is 4.79 Å². The van der Waals surface area contributed by atoms with Crippen molar-refractivity contribution in [3.05, 3.63) is 47.7 Å². The largest absolute Gasteiger partial charge is 0.477 e. The third-order valence-electron chi connectivity index (χ3n) is 3.47. The summed E-state index contributed by atoms with van der Waals surface area (Å²) >= 11 is 0. The first-order valence-electron chi connectivity index (χ1n) is 7.44. The summed E-state index contributed by atoms with van der Waals surface area (Å²) in [4.78, 5) is 24.8. The van der Waals surface area contributed by atoms with Gasteiger partial charge < -0.3 is 10.1 Å². The van der Waals surface area contributed by atoms with Crippen LogP contribution in [0, 0.1) is 0 Å². The Morgan fingerprint density at radius 2 is 2.23 bits per heavy atom. The summed E-state index contributed by atoms with van der Waals surface area (Å²) in [5.41, 5.74) is 2.31. The van der Waals surface area contributed by atoms with Crippen LogP contribution in [0.2, 0.25) is 0 Å². The van der Waals surface area contributed by atoms with Crippen molar-refractivity contribution in [3.63, 3.8) is 0 Å². The van der Waals surface area contributed by atoms with Gasteiger partial charge in [-0.05, 0) is 38.0 Å². The minimum atomic E-state index is -0.219. The molecular formula is C16H18N4O2. The van der Waals surface area contributed by atoms with E-state index < -0.39 is 0 Å². The molecule has 0 aromatic carbocycles. The number of nitrogens with one attached hydrogen (secondary N) is 1. The number of pyridine rings is 1. The zero-order valence-electron chi connectivity index (χ0n) is 12.5. The lowest BCUT2D eigenvalue weighted by Gasteiger charge is -2.09. The molecule has 1 aliphatic carbocycles. The molecule has 1 aliphatic rings. The Labute approximate surface area is 129 Å². The van der Waals surface area contributed by atoms with Crippen molar-refractivity contribution < 1.29 is 9.53 Å². The monoisotopic (exact) mass is 298 g/mol. The molecule has 22 heavy (non-hydrogen) atoms. The van der Waals surface area contributed by atoms with E-state index in [1.165, 1.54) is 12.8 Å². The fraction of sp³-hybridized carbons (Fsp3) is 0.375. The molecule has 1 saturated carbocycles. The zero-order chi connectivity index (χ0) is 15.4. The normalized spacial score (nSPS) is 13.7. The number of aromatic nitrogens is 3. The number of carbonyl (C=O) groups excluding carboxylic acids is 1. The third kappa shape index (κ3) is 3.39. The molecule has 0 spiro atoms. The minimum absolute atomic E-state index is 0.219. The number of rotatable bonds is 6. The van der Waals surface area contributed by atoms with Crippen molar-refractivity contribution in [1.82, 2.24) is 20.3 Å². The highest BCUT2D eigenvalue weighted by Gasteiger charge is 2.25. The Morgan fingerprint density at radius 3 is 3.00 bits per heavy atom.